The van der Waals surface area contributed by atoms with Crippen molar-refractivity contribution in [2.24, 2.45) is 0 Å². The van der Waals surface area contributed by atoms with Crippen LogP contribution in [0.4, 0.5) is 0 Å². The second-order valence-corrected chi connectivity index (χ2v) is 3.49. The first-order valence-corrected chi connectivity index (χ1v) is 4.79. The van der Waals surface area contributed by atoms with Crippen LogP contribution in [0.25, 0.3) is 0 Å². The van der Waals surface area contributed by atoms with Gasteiger partial charge in [0.15, 0.2) is 0 Å². The average molecular weight is 270 g/mol. The van der Waals surface area contributed by atoms with Gasteiger partial charge in [-0.25, -0.2) is 4.79 Å². The number of nitriles is 1. The molecule has 78 valence electrons. The molecule has 0 unspecified atom stereocenters. The SMILES string of the molecule is COC(=O)c1cc(OC)c(C#N)cc1Br. The van der Waals surface area contributed by atoms with Crippen molar-refractivity contribution in [2.45, 2.75) is 0 Å². The highest BCUT2D eigenvalue weighted by atomic mass is 79.9. The largest absolute Gasteiger partial charge is 0.495 e. The van der Waals surface area contributed by atoms with E-state index < -0.39 is 5.97 Å². The van der Waals surface area contributed by atoms with Gasteiger partial charge in [0.2, 0.25) is 0 Å². The second kappa shape index (κ2) is 4.80. The number of halogens is 1. The molecule has 4 nitrogen and oxygen atoms in total. The van der Waals surface area contributed by atoms with Crippen molar-refractivity contribution in [3.8, 4) is 11.8 Å². The summed E-state index contributed by atoms with van der Waals surface area (Å²) in [5.74, 6) is -0.134. The van der Waals surface area contributed by atoms with E-state index in [1.54, 1.807) is 0 Å². The zero-order valence-electron chi connectivity index (χ0n) is 8.20. The van der Waals surface area contributed by atoms with E-state index in [1.807, 2.05) is 6.07 Å². The number of carbonyl (C=O) groups is 1. The van der Waals surface area contributed by atoms with E-state index in [9.17, 15) is 4.79 Å². The van der Waals surface area contributed by atoms with Crippen molar-refractivity contribution in [1.29, 1.82) is 5.26 Å². The van der Waals surface area contributed by atoms with Crippen LogP contribution in [0.2, 0.25) is 0 Å². The molecule has 0 atom stereocenters. The van der Waals surface area contributed by atoms with E-state index in [2.05, 4.69) is 20.7 Å². The molecule has 0 heterocycles. The van der Waals surface area contributed by atoms with Gasteiger partial charge in [0.1, 0.15) is 11.8 Å². The van der Waals surface area contributed by atoms with Gasteiger partial charge in [-0.05, 0) is 28.1 Å². The third-order valence-corrected chi connectivity index (χ3v) is 2.47. The van der Waals surface area contributed by atoms with Crippen molar-refractivity contribution in [3.05, 3.63) is 27.7 Å². The van der Waals surface area contributed by atoms with Crippen LogP contribution in [0.15, 0.2) is 16.6 Å². The van der Waals surface area contributed by atoms with Crippen LogP contribution in [0.5, 0.6) is 5.75 Å². The lowest BCUT2D eigenvalue weighted by Gasteiger charge is -2.07. The number of ether oxygens (including phenoxy) is 2. The molecule has 1 rings (SSSR count). The molecule has 0 aromatic heterocycles. The number of hydrogen-bond acceptors (Lipinski definition) is 4. The van der Waals surface area contributed by atoms with E-state index in [1.165, 1.54) is 26.4 Å². The predicted octanol–water partition coefficient (Wildman–Crippen LogP) is 2.12. The van der Waals surface area contributed by atoms with Crippen molar-refractivity contribution in [1.82, 2.24) is 0 Å². The van der Waals surface area contributed by atoms with Gasteiger partial charge in [0.05, 0.1) is 25.3 Å². The van der Waals surface area contributed by atoms with Gasteiger partial charge in [-0.15, -0.1) is 0 Å². The highest BCUT2D eigenvalue weighted by molar-refractivity contribution is 9.10. The van der Waals surface area contributed by atoms with Gasteiger partial charge in [0.25, 0.3) is 0 Å². The minimum absolute atomic E-state index is 0.327. The molecule has 0 N–H and O–H groups in total. The Morgan fingerprint density at radius 2 is 2.13 bits per heavy atom. The Balaban J connectivity index is 3.33. The minimum atomic E-state index is -0.482. The molecule has 15 heavy (non-hydrogen) atoms. The summed E-state index contributed by atoms with van der Waals surface area (Å²) < 4.78 is 10.1. The molecule has 0 saturated carbocycles. The summed E-state index contributed by atoms with van der Waals surface area (Å²) in [6.07, 6.45) is 0. The second-order valence-electron chi connectivity index (χ2n) is 2.64. The quantitative estimate of drug-likeness (QED) is 0.772. The first-order chi connectivity index (χ1) is 7.13. The molecule has 0 amide bonds. The van der Waals surface area contributed by atoms with Gasteiger partial charge >= 0.3 is 5.97 Å². The Morgan fingerprint density at radius 3 is 2.60 bits per heavy atom. The van der Waals surface area contributed by atoms with Gasteiger partial charge in [-0.3, -0.25) is 0 Å². The first-order valence-electron chi connectivity index (χ1n) is 4.00. The van der Waals surface area contributed by atoms with Crippen molar-refractivity contribution >= 4 is 21.9 Å². The fourth-order valence-corrected chi connectivity index (χ4v) is 1.58. The normalized spacial score (nSPS) is 9.20. The molecule has 0 aliphatic heterocycles. The Hall–Kier alpha value is -1.54. The lowest BCUT2D eigenvalue weighted by atomic mass is 10.1. The lowest BCUT2D eigenvalue weighted by Crippen LogP contribution is -2.03. The summed E-state index contributed by atoms with van der Waals surface area (Å²) >= 11 is 3.19. The van der Waals surface area contributed by atoms with Crippen LogP contribution in [-0.4, -0.2) is 20.2 Å². The van der Waals surface area contributed by atoms with Gasteiger partial charge in [-0.2, -0.15) is 5.26 Å². The maximum absolute atomic E-state index is 11.3. The molecule has 0 fully saturated rings. The summed E-state index contributed by atoms with van der Waals surface area (Å²) in [6.45, 7) is 0. The summed E-state index contributed by atoms with van der Waals surface area (Å²) in [4.78, 5) is 11.3. The van der Waals surface area contributed by atoms with E-state index in [0.717, 1.165) is 0 Å². The molecule has 0 saturated heterocycles. The Morgan fingerprint density at radius 1 is 1.47 bits per heavy atom. The van der Waals surface area contributed by atoms with E-state index in [4.69, 9.17) is 10.00 Å². The maximum Gasteiger partial charge on any atom is 0.339 e. The van der Waals surface area contributed by atoms with Crippen molar-refractivity contribution in [3.63, 3.8) is 0 Å². The van der Waals surface area contributed by atoms with E-state index in [-0.39, 0.29) is 0 Å². The molecule has 5 heteroatoms. The molecule has 0 aliphatic carbocycles. The third-order valence-electron chi connectivity index (χ3n) is 1.81. The van der Waals surface area contributed by atoms with E-state index >= 15 is 0 Å². The Labute approximate surface area is 95.5 Å². The van der Waals surface area contributed by atoms with Crippen LogP contribution >= 0.6 is 15.9 Å². The minimum Gasteiger partial charge on any atom is -0.495 e. The monoisotopic (exact) mass is 269 g/mol. The van der Waals surface area contributed by atoms with Crippen LogP contribution in [0.1, 0.15) is 15.9 Å². The smallest absolute Gasteiger partial charge is 0.339 e. The highest BCUT2D eigenvalue weighted by Gasteiger charge is 2.14. The topological polar surface area (TPSA) is 59.3 Å². The van der Waals surface area contributed by atoms with Crippen LogP contribution in [-0.2, 0) is 4.74 Å². The summed E-state index contributed by atoms with van der Waals surface area (Å²) in [6, 6.07) is 4.95. The van der Waals surface area contributed by atoms with Crippen LogP contribution in [0.3, 0.4) is 0 Å². The fraction of sp³-hybridized carbons (Fsp3) is 0.200. The highest BCUT2D eigenvalue weighted by Crippen LogP contribution is 2.27. The first kappa shape index (κ1) is 11.5. The Bertz CT molecular complexity index is 437. The van der Waals surface area contributed by atoms with Crippen molar-refractivity contribution < 1.29 is 14.3 Å². The summed E-state index contributed by atoms with van der Waals surface area (Å²) in [5, 5.41) is 8.79. The third kappa shape index (κ3) is 2.28. The summed E-state index contributed by atoms with van der Waals surface area (Å²) in [7, 11) is 2.73. The van der Waals surface area contributed by atoms with Gasteiger partial charge < -0.3 is 9.47 Å². The van der Waals surface area contributed by atoms with Crippen LogP contribution in [0, 0.1) is 11.3 Å². The molecule has 0 radical (unpaired) electrons. The van der Waals surface area contributed by atoms with Crippen molar-refractivity contribution in [2.75, 3.05) is 14.2 Å². The van der Waals surface area contributed by atoms with Crippen LogP contribution < -0.4 is 4.74 Å². The molecular formula is C10H8BrNO3. The predicted molar refractivity (Wildman–Crippen MR) is 56.7 cm³/mol. The number of rotatable bonds is 2. The molecule has 0 spiro atoms. The number of hydrogen-bond donors (Lipinski definition) is 0. The fourth-order valence-electron chi connectivity index (χ4n) is 1.08. The van der Waals surface area contributed by atoms with Gasteiger partial charge in [-0.1, -0.05) is 0 Å². The molecule has 0 bridgehead atoms. The Kier molecular flexibility index (Phi) is 3.69. The number of benzene rings is 1. The molecule has 0 aliphatic rings. The average Bonchev–Trinajstić information content (AvgIpc) is 2.27. The number of esters is 1. The lowest BCUT2D eigenvalue weighted by molar-refractivity contribution is 0.0599. The number of carbonyl (C=O) groups excluding carboxylic acids is 1. The zero-order chi connectivity index (χ0) is 11.4. The standard InChI is InChI=1S/C10H8BrNO3/c1-14-9-4-7(10(13)15-2)8(11)3-6(9)5-12/h3-4H,1-2H3. The number of methoxy groups -OCH3 is 2. The number of nitrogens with zero attached hydrogens (tertiary/aromatic N) is 1. The maximum atomic E-state index is 11.3. The zero-order valence-corrected chi connectivity index (χ0v) is 9.79. The summed E-state index contributed by atoms with van der Waals surface area (Å²) in [5.41, 5.74) is 0.686. The van der Waals surface area contributed by atoms with Gasteiger partial charge in [0, 0.05) is 4.47 Å². The molecule has 1 aromatic carbocycles. The van der Waals surface area contributed by atoms with E-state index in [0.29, 0.717) is 21.3 Å². The molecular weight excluding hydrogens is 262 g/mol. The molecule has 1 aromatic rings.